The van der Waals surface area contributed by atoms with Crippen molar-refractivity contribution in [3.63, 3.8) is 0 Å². The van der Waals surface area contributed by atoms with Crippen molar-refractivity contribution in [2.45, 2.75) is 31.4 Å². The topological polar surface area (TPSA) is 23.5 Å². The van der Waals surface area contributed by atoms with Crippen LogP contribution in [0.3, 0.4) is 0 Å². The van der Waals surface area contributed by atoms with Crippen LogP contribution in [-0.2, 0) is 0 Å². The molecule has 4 heteroatoms. The van der Waals surface area contributed by atoms with E-state index in [9.17, 15) is 13.9 Å². The van der Waals surface area contributed by atoms with E-state index in [0.29, 0.717) is 12.6 Å². The van der Waals surface area contributed by atoms with Crippen molar-refractivity contribution in [1.82, 2.24) is 4.90 Å². The van der Waals surface area contributed by atoms with Crippen molar-refractivity contribution in [3.05, 3.63) is 35.4 Å². The molecule has 0 aliphatic heterocycles. The third-order valence-corrected chi connectivity index (χ3v) is 3.48. The SMILES string of the molecule is CN(CC(O)c1ccc(F)cc1F)C1CCC1. The Morgan fingerprint density at radius 1 is 1.41 bits per heavy atom. The van der Waals surface area contributed by atoms with Gasteiger partial charge in [-0.3, -0.25) is 0 Å². The highest BCUT2D eigenvalue weighted by molar-refractivity contribution is 5.21. The number of likely N-dealkylation sites (N-methyl/N-ethyl adjacent to an activating group) is 1. The van der Waals surface area contributed by atoms with Gasteiger partial charge in [-0.05, 0) is 26.0 Å². The predicted octanol–water partition coefficient (Wildman–Crippen LogP) is 2.48. The summed E-state index contributed by atoms with van der Waals surface area (Å²) in [4.78, 5) is 2.04. The molecule has 2 rings (SSSR count). The second-order valence-corrected chi connectivity index (χ2v) is 4.71. The summed E-state index contributed by atoms with van der Waals surface area (Å²) in [5.74, 6) is -1.30. The van der Waals surface area contributed by atoms with Crippen LogP contribution in [0.5, 0.6) is 0 Å². The van der Waals surface area contributed by atoms with Gasteiger partial charge in [0.2, 0.25) is 0 Å². The smallest absolute Gasteiger partial charge is 0.131 e. The van der Waals surface area contributed by atoms with E-state index in [1.807, 2.05) is 11.9 Å². The lowest BCUT2D eigenvalue weighted by molar-refractivity contribution is 0.0756. The maximum absolute atomic E-state index is 13.4. The molecule has 94 valence electrons. The molecule has 2 nitrogen and oxygen atoms in total. The van der Waals surface area contributed by atoms with Gasteiger partial charge in [0.05, 0.1) is 6.10 Å². The Labute approximate surface area is 99.9 Å². The quantitative estimate of drug-likeness (QED) is 0.875. The van der Waals surface area contributed by atoms with Gasteiger partial charge in [0.25, 0.3) is 0 Å². The summed E-state index contributed by atoms with van der Waals surface area (Å²) in [5, 5.41) is 9.93. The van der Waals surface area contributed by atoms with Crippen molar-refractivity contribution in [2.24, 2.45) is 0 Å². The molecular formula is C13H17F2NO. The van der Waals surface area contributed by atoms with Gasteiger partial charge in [-0.2, -0.15) is 0 Å². The number of benzene rings is 1. The fraction of sp³-hybridized carbons (Fsp3) is 0.538. The lowest BCUT2D eigenvalue weighted by Crippen LogP contribution is -2.39. The van der Waals surface area contributed by atoms with Crippen LogP contribution in [0.2, 0.25) is 0 Å². The van der Waals surface area contributed by atoms with Crippen LogP contribution >= 0.6 is 0 Å². The molecule has 1 fully saturated rings. The number of rotatable bonds is 4. The summed E-state index contributed by atoms with van der Waals surface area (Å²) in [6.07, 6.45) is 2.58. The monoisotopic (exact) mass is 241 g/mol. The Bertz CT molecular complexity index is 393. The summed E-state index contributed by atoms with van der Waals surface area (Å²) >= 11 is 0. The molecule has 0 heterocycles. The van der Waals surface area contributed by atoms with Gasteiger partial charge < -0.3 is 10.0 Å². The van der Waals surface area contributed by atoms with E-state index in [1.165, 1.54) is 18.6 Å². The zero-order valence-corrected chi connectivity index (χ0v) is 9.87. The van der Waals surface area contributed by atoms with Crippen LogP contribution in [-0.4, -0.2) is 29.6 Å². The Hall–Kier alpha value is -1.00. The third kappa shape index (κ3) is 2.82. The molecule has 0 amide bonds. The minimum atomic E-state index is -0.902. The van der Waals surface area contributed by atoms with E-state index in [1.54, 1.807) is 0 Å². The molecule has 1 saturated carbocycles. The first kappa shape index (κ1) is 12.5. The maximum atomic E-state index is 13.4. The van der Waals surface area contributed by atoms with E-state index < -0.39 is 17.7 Å². The van der Waals surface area contributed by atoms with Gasteiger partial charge in [0.15, 0.2) is 0 Å². The number of aliphatic hydroxyl groups excluding tert-OH is 1. The fourth-order valence-electron chi connectivity index (χ4n) is 2.12. The van der Waals surface area contributed by atoms with Crippen molar-refractivity contribution in [3.8, 4) is 0 Å². The summed E-state index contributed by atoms with van der Waals surface area (Å²) in [6.45, 7) is 0.382. The predicted molar refractivity (Wildman–Crippen MR) is 61.6 cm³/mol. The van der Waals surface area contributed by atoms with Crippen LogP contribution < -0.4 is 0 Å². The first-order chi connectivity index (χ1) is 8.08. The lowest BCUT2D eigenvalue weighted by atomic mass is 9.91. The van der Waals surface area contributed by atoms with E-state index in [0.717, 1.165) is 18.9 Å². The normalized spacial score (nSPS) is 18.2. The molecule has 0 spiro atoms. The summed E-state index contributed by atoms with van der Waals surface area (Å²) < 4.78 is 26.2. The Morgan fingerprint density at radius 2 is 2.12 bits per heavy atom. The Kier molecular flexibility index (Phi) is 3.74. The van der Waals surface area contributed by atoms with Crippen molar-refractivity contribution in [2.75, 3.05) is 13.6 Å². The van der Waals surface area contributed by atoms with Crippen molar-refractivity contribution in [1.29, 1.82) is 0 Å². The van der Waals surface area contributed by atoms with Crippen LogP contribution in [0.15, 0.2) is 18.2 Å². The molecule has 0 saturated heterocycles. The molecule has 0 aromatic heterocycles. The summed E-state index contributed by atoms with van der Waals surface area (Å²) in [5.41, 5.74) is 0.164. The molecule has 1 unspecified atom stereocenters. The van der Waals surface area contributed by atoms with E-state index in [4.69, 9.17) is 0 Å². The maximum Gasteiger partial charge on any atom is 0.131 e. The van der Waals surface area contributed by atoms with Crippen LogP contribution in [0, 0.1) is 11.6 Å². The molecule has 1 aromatic rings. The standard InChI is InChI=1S/C13H17F2NO/c1-16(10-3-2-4-10)8-13(17)11-6-5-9(14)7-12(11)15/h5-7,10,13,17H,2-4,8H2,1H3. The van der Waals surface area contributed by atoms with Gasteiger partial charge in [-0.1, -0.05) is 12.5 Å². The number of halogens is 2. The minimum absolute atomic E-state index is 0.164. The van der Waals surface area contributed by atoms with Crippen LogP contribution in [0.1, 0.15) is 30.9 Å². The van der Waals surface area contributed by atoms with Gasteiger partial charge in [-0.25, -0.2) is 8.78 Å². The lowest BCUT2D eigenvalue weighted by Gasteiger charge is -2.35. The average Bonchev–Trinajstić information content (AvgIpc) is 2.13. The van der Waals surface area contributed by atoms with E-state index in [2.05, 4.69) is 0 Å². The van der Waals surface area contributed by atoms with Crippen molar-refractivity contribution >= 4 is 0 Å². The second kappa shape index (κ2) is 5.10. The molecule has 1 atom stereocenters. The number of nitrogens with zero attached hydrogens (tertiary/aromatic N) is 1. The highest BCUT2D eigenvalue weighted by Gasteiger charge is 2.24. The van der Waals surface area contributed by atoms with E-state index >= 15 is 0 Å². The van der Waals surface area contributed by atoms with Gasteiger partial charge in [0, 0.05) is 24.2 Å². The molecule has 0 bridgehead atoms. The first-order valence-corrected chi connectivity index (χ1v) is 5.91. The number of hydrogen-bond acceptors (Lipinski definition) is 2. The molecular weight excluding hydrogens is 224 g/mol. The van der Waals surface area contributed by atoms with Gasteiger partial charge in [0.1, 0.15) is 11.6 Å². The molecule has 17 heavy (non-hydrogen) atoms. The average molecular weight is 241 g/mol. The third-order valence-electron chi connectivity index (χ3n) is 3.48. The number of aliphatic hydroxyl groups is 1. The first-order valence-electron chi connectivity index (χ1n) is 5.91. The van der Waals surface area contributed by atoms with Crippen LogP contribution in [0.25, 0.3) is 0 Å². The molecule has 1 aromatic carbocycles. The highest BCUT2D eigenvalue weighted by atomic mass is 19.1. The largest absolute Gasteiger partial charge is 0.387 e. The Morgan fingerprint density at radius 3 is 2.65 bits per heavy atom. The molecule has 1 aliphatic rings. The molecule has 1 aliphatic carbocycles. The van der Waals surface area contributed by atoms with E-state index in [-0.39, 0.29) is 5.56 Å². The molecule has 0 radical (unpaired) electrons. The minimum Gasteiger partial charge on any atom is -0.387 e. The summed E-state index contributed by atoms with van der Waals surface area (Å²) in [6, 6.07) is 3.78. The van der Waals surface area contributed by atoms with Gasteiger partial charge >= 0.3 is 0 Å². The highest BCUT2D eigenvalue weighted by Crippen LogP contribution is 2.26. The second-order valence-electron chi connectivity index (χ2n) is 4.71. The van der Waals surface area contributed by atoms with Crippen LogP contribution in [0.4, 0.5) is 8.78 Å². The Balaban J connectivity index is 2.00. The zero-order chi connectivity index (χ0) is 12.4. The van der Waals surface area contributed by atoms with Crippen molar-refractivity contribution < 1.29 is 13.9 Å². The summed E-state index contributed by atoms with van der Waals surface area (Å²) in [7, 11) is 1.93. The zero-order valence-electron chi connectivity index (χ0n) is 9.87. The van der Waals surface area contributed by atoms with Gasteiger partial charge in [-0.15, -0.1) is 0 Å². The number of hydrogen-bond donors (Lipinski definition) is 1. The molecule has 1 N–H and O–H groups in total. The fourth-order valence-corrected chi connectivity index (χ4v) is 2.12.